The summed E-state index contributed by atoms with van der Waals surface area (Å²) in [5, 5.41) is 6.11. The van der Waals surface area contributed by atoms with Crippen molar-refractivity contribution in [2.45, 2.75) is 37.4 Å². The average molecular weight is 366 g/mol. The molecule has 1 rings (SSSR count). The molecule has 1 aliphatic heterocycles. The second-order valence-electron chi connectivity index (χ2n) is 3.93. The minimum absolute atomic E-state index is 0.0676. The van der Waals surface area contributed by atoms with Crippen LogP contribution in [0.1, 0.15) is 27.2 Å². The van der Waals surface area contributed by atoms with Gasteiger partial charge in [-0.1, -0.05) is 29.5 Å². The van der Waals surface area contributed by atoms with Gasteiger partial charge in [-0.15, -0.1) is 0 Å². The number of halogens is 1. The number of nitrogens with zero attached hydrogens (tertiary/aromatic N) is 2. The molecule has 6 nitrogen and oxygen atoms in total. The van der Waals surface area contributed by atoms with Gasteiger partial charge >= 0.3 is 5.97 Å². The molecule has 1 unspecified atom stereocenters. The number of hydrogen-bond acceptors (Lipinski definition) is 6. The van der Waals surface area contributed by atoms with Gasteiger partial charge in [-0.3, -0.25) is 10.1 Å². The molecule has 2 N–H and O–H groups in total. The van der Waals surface area contributed by atoms with Crippen LogP contribution in [0, 0.1) is 0 Å². The molecule has 102 valence electrons. The summed E-state index contributed by atoms with van der Waals surface area (Å²) in [6, 6.07) is 0. The van der Waals surface area contributed by atoms with Gasteiger partial charge in [0.2, 0.25) is 0 Å². The van der Waals surface area contributed by atoms with E-state index in [2.05, 4.69) is 43.2 Å². The normalized spacial score (nSPS) is 17.6. The SMILES string of the molecule is CCC(I)C(=O)OCCNC1N=C(C)NC(C)=N1. The highest BCUT2D eigenvalue weighted by atomic mass is 127. The van der Waals surface area contributed by atoms with Crippen LogP contribution in [0.4, 0.5) is 0 Å². The molecule has 0 saturated heterocycles. The molecule has 0 aliphatic carbocycles. The van der Waals surface area contributed by atoms with Crippen molar-refractivity contribution in [1.29, 1.82) is 0 Å². The van der Waals surface area contributed by atoms with Crippen molar-refractivity contribution in [2.24, 2.45) is 9.98 Å². The Morgan fingerprint density at radius 3 is 2.67 bits per heavy atom. The summed E-state index contributed by atoms with van der Waals surface area (Å²) in [6.45, 7) is 6.60. The first-order chi connectivity index (χ1) is 8.52. The van der Waals surface area contributed by atoms with Crippen LogP contribution in [0.3, 0.4) is 0 Å². The summed E-state index contributed by atoms with van der Waals surface area (Å²) in [4.78, 5) is 19.9. The highest BCUT2D eigenvalue weighted by molar-refractivity contribution is 14.1. The molecule has 1 aliphatic rings. The molecule has 0 aromatic heterocycles. The predicted molar refractivity (Wildman–Crippen MR) is 80.2 cm³/mol. The number of amidine groups is 2. The number of ether oxygens (including phenoxy) is 1. The van der Waals surface area contributed by atoms with E-state index in [1.165, 1.54) is 0 Å². The van der Waals surface area contributed by atoms with Crippen molar-refractivity contribution in [1.82, 2.24) is 10.6 Å². The molecular formula is C11H19IN4O2. The Kier molecular flexibility index (Phi) is 6.55. The van der Waals surface area contributed by atoms with Crippen LogP contribution in [0.25, 0.3) is 0 Å². The number of nitrogens with one attached hydrogen (secondary N) is 2. The number of hydrogen-bond donors (Lipinski definition) is 2. The average Bonchev–Trinajstić information content (AvgIpc) is 2.32. The highest BCUT2D eigenvalue weighted by Crippen LogP contribution is 2.06. The molecule has 0 aromatic rings. The maximum absolute atomic E-state index is 11.4. The number of esters is 1. The van der Waals surface area contributed by atoms with Crippen molar-refractivity contribution in [3.05, 3.63) is 0 Å². The molecular weight excluding hydrogens is 347 g/mol. The lowest BCUT2D eigenvalue weighted by Gasteiger charge is -2.18. The predicted octanol–water partition coefficient (Wildman–Crippen LogP) is 1.06. The van der Waals surface area contributed by atoms with E-state index in [0.29, 0.717) is 13.2 Å². The molecule has 0 saturated carbocycles. The van der Waals surface area contributed by atoms with Crippen molar-refractivity contribution in [2.75, 3.05) is 13.2 Å². The topological polar surface area (TPSA) is 75.1 Å². The summed E-state index contributed by atoms with van der Waals surface area (Å²) < 4.78 is 5.05. The molecule has 18 heavy (non-hydrogen) atoms. The number of carbonyl (C=O) groups excluding carboxylic acids is 1. The third-order valence-corrected chi connectivity index (χ3v) is 3.67. The Labute approximate surface area is 121 Å². The summed E-state index contributed by atoms with van der Waals surface area (Å²) in [5.74, 6) is 1.50. The van der Waals surface area contributed by atoms with Crippen molar-refractivity contribution in [3.8, 4) is 0 Å². The number of alkyl halides is 1. The van der Waals surface area contributed by atoms with Crippen LogP contribution < -0.4 is 10.6 Å². The first-order valence-corrected chi connectivity index (χ1v) is 7.17. The molecule has 7 heteroatoms. The van der Waals surface area contributed by atoms with Gasteiger partial charge in [-0.05, 0) is 20.3 Å². The van der Waals surface area contributed by atoms with Gasteiger partial charge < -0.3 is 10.1 Å². The van der Waals surface area contributed by atoms with E-state index in [0.717, 1.165) is 18.1 Å². The smallest absolute Gasteiger partial charge is 0.318 e. The summed E-state index contributed by atoms with van der Waals surface area (Å²) >= 11 is 2.08. The molecule has 0 radical (unpaired) electrons. The minimum Gasteiger partial charge on any atom is -0.464 e. The van der Waals surface area contributed by atoms with Crippen molar-refractivity contribution in [3.63, 3.8) is 0 Å². The maximum Gasteiger partial charge on any atom is 0.318 e. The minimum atomic E-state index is -0.286. The Bertz CT molecular complexity index is 339. The Hall–Kier alpha value is -0.700. The molecule has 0 aromatic carbocycles. The standard InChI is InChI=1S/C11H19IN4O2/c1-4-9(12)10(17)18-6-5-13-11-15-7(2)14-8(3)16-11/h9,11,13H,4-6H2,1-3H3,(H,14,15,16). The fourth-order valence-electron chi connectivity index (χ4n) is 1.41. The summed E-state index contributed by atoms with van der Waals surface area (Å²) in [5.41, 5.74) is 0. The highest BCUT2D eigenvalue weighted by Gasteiger charge is 2.14. The van der Waals surface area contributed by atoms with Crippen molar-refractivity contribution < 1.29 is 9.53 Å². The van der Waals surface area contributed by atoms with Crippen LogP contribution in [0.2, 0.25) is 0 Å². The van der Waals surface area contributed by atoms with Gasteiger partial charge in [0.05, 0.1) is 0 Å². The van der Waals surface area contributed by atoms with Gasteiger partial charge in [-0.25, -0.2) is 9.98 Å². The maximum atomic E-state index is 11.4. The first-order valence-electron chi connectivity index (χ1n) is 5.93. The molecule has 0 fully saturated rings. The summed E-state index contributed by atoms with van der Waals surface area (Å²) in [6.07, 6.45) is 0.500. The van der Waals surface area contributed by atoms with E-state index in [-0.39, 0.29) is 16.2 Å². The zero-order valence-corrected chi connectivity index (χ0v) is 13.0. The van der Waals surface area contributed by atoms with Gasteiger partial charge in [0.1, 0.15) is 22.2 Å². The quantitative estimate of drug-likeness (QED) is 0.319. The molecule has 0 spiro atoms. The lowest BCUT2D eigenvalue weighted by molar-refractivity contribution is -0.142. The van der Waals surface area contributed by atoms with Crippen LogP contribution in [0.15, 0.2) is 9.98 Å². The number of carbonyl (C=O) groups is 1. The zero-order valence-electron chi connectivity index (χ0n) is 10.9. The summed E-state index contributed by atoms with van der Waals surface area (Å²) in [7, 11) is 0. The van der Waals surface area contributed by atoms with Crippen LogP contribution in [-0.2, 0) is 9.53 Å². The van der Waals surface area contributed by atoms with Crippen LogP contribution in [-0.4, -0.2) is 41.0 Å². The third kappa shape index (κ3) is 5.30. The zero-order chi connectivity index (χ0) is 13.5. The van der Waals surface area contributed by atoms with Crippen LogP contribution in [0.5, 0.6) is 0 Å². The van der Waals surface area contributed by atoms with Gasteiger partial charge in [0.15, 0.2) is 6.29 Å². The Morgan fingerprint density at radius 1 is 1.50 bits per heavy atom. The molecule has 0 amide bonds. The molecule has 1 atom stereocenters. The lowest BCUT2D eigenvalue weighted by Crippen LogP contribution is -2.39. The van der Waals surface area contributed by atoms with Gasteiger partial charge in [0, 0.05) is 6.54 Å². The lowest BCUT2D eigenvalue weighted by atomic mass is 10.3. The number of rotatable bonds is 6. The fraction of sp³-hybridized carbons (Fsp3) is 0.727. The van der Waals surface area contributed by atoms with E-state index < -0.39 is 0 Å². The fourth-order valence-corrected chi connectivity index (χ4v) is 1.59. The van der Waals surface area contributed by atoms with Crippen molar-refractivity contribution >= 4 is 40.2 Å². The van der Waals surface area contributed by atoms with E-state index in [9.17, 15) is 4.79 Å². The van der Waals surface area contributed by atoms with E-state index >= 15 is 0 Å². The Balaban J connectivity index is 2.22. The van der Waals surface area contributed by atoms with Crippen LogP contribution >= 0.6 is 22.6 Å². The molecule has 1 heterocycles. The third-order valence-electron chi connectivity index (χ3n) is 2.28. The van der Waals surface area contributed by atoms with E-state index in [1.54, 1.807) is 0 Å². The molecule has 0 bridgehead atoms. The van der Waals surface area contributed by atoms with E-state index in [1.807, 2.05) is 20.8 Å². The monoisotopic (exact) mass is 366 g/mol. The van der Waals surface area contributed by atoms with Gasteiger partial charge in [0.25, 0.3) is 0 Å². The second kappa shape index (κ2) is 7.67. The second-order valence-corrected chi connectivity index (χ2v) is 5.43. The first kappa shape index (κ1) is 15.4. The largest absolute Gasteiger partial charge is 0.464 e. The van der Waals surface area contributed by atoms with Gasteiger partial charge in [-0.2, -0.15) is 0 Å². The number of aliphatic imine (C=N–C) groups is 2. The van der Waals surface area contributed by atoms with E-state index in [4.69, 9.17) is 4.74 Å². The Morgan fingerprint density at radius 2 is 2.11 bits per heavy atom.